The van der Waals surface area contributed by atoms with E-state index in [4.69, 9.17) is 4.74 Å². The van der Waals surface area contributed by atoms with Crippen LogP contribution in [-0.2, 0) is 21.4 Å². The topological polar surface area (TPSA) is 106 Å². The minimum Gasteiger partial charge on any atom is -0.495 e. The van der Waals surface area contributed by atoms with E-state index in [2.05, 4.69) is 20.0 Å². The van der Waals surface area contributed by atoms with Crippen LogP contribution in [0.2, 0.25) is 0 Å². The van der Waals surface area contributed by atoms with Gasteiger partial charge in [0.2, 0.25) is 5.91 Å². The summed E-state index contributed by atoms with van der Waals surface area (Å²) in [5.41, 5.74) is 1.41. The van der Waals surface area contributed by atoms with Crippen molar-refractivity contribution in [2.24, 2.45) is 0 Å². The number of sulfonamides is 1. The number of methoxy groups -OCH3 is 1. The molecule has 180 valence electrons. The summed E-state index contributed by atoms with van der Waals surface area (Å²) in [6, 6.07) is 13.7. The molecule has 0 spiro atoms. The third-order valence-corrected chi connectivity index (χ3v) is 7.08. The number of para-hydroxylation sites is 2. The van der Waals surface area contributed by atoms with E-state index in [0.717, 1.165) is 25.9 Å². The maximum Gasteiger partial charge on any atom is 0.264 e. The van der Waals surface area contributed by atoms with E-state index >= 15 is 0 Å². The van der Waals surface area contributed by atoms with Crippen molar-refractivity contribution in [1.29, 1.82) is 0 Å². The Morgan fingerprint density at radius 3 is 2.65 bits per heavy atom. The Labute approximate surface area is 199 Å². The first-order chi connectivity index (χ1) is 16.5. The van der Waals surface area contributed by atoms with Crippen molar-refractivity contribution >= 4 is 33.0 Å². The highest BCUT2D eigenvalue weighted by Gasteiger charge is 2.25. The highest BCUT2D eigenvalue weighted by molar-refractivity contribution is 7.93. The first kappa shape index (κ1) is 23.6. The van der Waals surface area contributed by atoms with E-state index in [1.807, 2.05) is 12.3 Å². The molecule has 1 saturated heterocycles. The molecule has 9 nitrogen and oxygen atoms in total. The van der Waals surface area contributed by atoms with Gasteiger partial charge < -0.3 is 15.0 Å². The van der Waals surface area contributed by atoms with E-state index in [0.29, 0.717) is 42.2 Å². The van der Waals surface area contributed by atoms with E-state index in [1.54, 1.807) is 47.3 Å². The molecule has 0 bridgehead atoms. The molecule has 1 fully saturated rings. The molecule has 0 radical (unpaired) electrons. The summed E-state index contributed by atoms with van der Waals surface area (Å²) < 4.78 is 36.7. The van der Waals surface area contributed by atoms with E-state index < -0.39 is 10.0 Å². The van der Waals surface area contributed by atoms with Crippen LogP contribution < -0.4 is 19.7 Å². The quantitative estimate of drug-likeness (QED) is 0.455. The number of hydrogen-bond donors (Lipinski definition) is 2. The lowest BCUT2D eigenvalue weighted by Gasteiger charge is -2.23. The van der Waals surface area contributed by atoms with Crippen molar-refractivity contribution in [2.75, 3.05) is 35.1 Å². The molecule has 0 atom stereocenters. The van der Waals surface area contributed by atoms with Gasteiger partial charge in [-0.25, -0.2) is 8.42 Å². The van der Waals surface area contributed by atoms with Gasteiger partial charge in [-0.15, -0.1) is 0 Å². The number of amides is 1. The van der Waals surface area contributed by atoms with Crippen molar-refractivity contribution in [3.05, 3.63) is 60.9 Å². The predicted molar refractivity (Wildman–Crippen MR) is 132 cm³/mol. The van der Waals surface area contributed by atoms with Gasteiger partial charge in [0, 0.05) is 44.1 Å². The van der Waals surface area contributed by atoms with E-state index in [-0.39, 0.29) is 10.8 Å². The Kier molecular flexibility index (Phi) is 7.36. The molecule has 1 aromatic heterocycles. The van der Waals surface area contributed by atoms with Crippen molar-refractivity contribution in [3.8, 4) is 5.75 Å². The predicted octanol–water partition coefficient (Wildman–Crippen LogP) is 3.71. The van der Waals surface area contributed by atoms with Crippen LogP contribution >= 0.6 is 0 Å². The summed E-state index contributed by atoms with van der Waals surface area (Å²) >= 11 is 0. The molecule has 0 unspecified atom stereocenters. The zero-order valence-corrected chi connectivity index (χ0v) is 19.9. The highest BCUT2D eigenvalue weighted by atomic mass is 32.2. The number of aryl methyl sites for hydroxylation is 1. The number of anilines is 3. The van der Waals surface area contributed by atoms with Gasteiger partial charge in [0.05, 0.1) is 18.5 Å². The fourth-order valence-electron chi connectivity index (χ4n) is 4.01. The Morgan fingerprint density at radius 2 is 1.91 bits per heavy atom. The molecule has 34 heavy (non-hydrogen) atoms. The van der Waals surface area contributed by atoms with Crippen LogP contribution in [0.5, 0.6) is 5.75 Å². The standard InChI is InChI=1S/C24H29N5O4S/c1-33-22-9-3-2-8-20(22)27-34(31,32)23-18-19(11-12-21(23)28-14-4-5-15-28)26-24(30)10-6-16-29-17-7-13-25-29/h2-3,7-9,11-13,17-18,27H,4-6,10,14-16H2,1H3,(H,26,30). The second-order valence-corrected chi connectivity index (χ2v) is 9.75. The summed E-state index contributed by atoms with van der Waals surface area (Å²) in [7, 11) is -2.46. The number of nitrogens with one attached hydrogen (secondary N) is 2. The zero-order valence-electron chi connectivity index (χ0n) is 19.1. The third kappa shape index (κ3) is 5.69. The number of aromatic nitrogens is 2. The second-order valence-electron chi connectivity index (χ2n) is 8.10. The van der Waals surface area contributed by atoms with Crippen LogP contribution in [0.1, 0.15) is 25.7 Å². The summed E-state index contributed by atoms with van der Waals surface area (Å²) in [6.07, 6.45) is 6.49. The Hall–Kier alpha value is -3.53. The monoisotopic (exact) mass is 483 g/mol. The lowest BCUT2D eigenvalue weighted by Crippen LogP contribution is -2.23. The van der Waals surface area contributed by atoms with E-state index in [1.165, 1.54) is 13.2 Å². The first-order valence-corrected chi connectivity index (χ1v) is 12.8. The Morgan fingerprint density at radius 1 is 1.12 bits per heavy atom. The minimum absolute atomic E-state index is 0.120. The molecule has 2 aromatic carbocycles. The van der Waals surface area contributed by atoms with Crippen LogP contribution in [0.3, 0.4) is 0 Å². The molecular weight excluding hydrogens is 454 g/mol. The summed E-state index contributed by atoms with van der Waals surface area (Å²) in [5, 5.41) is 6.96. The zero-order chi connectivity index (χ0) is 24.0. The van der Waals surface area contributed by atoms with Gasteiger partial charge >= 0.3 is 0 Å². The van der Waals surface area contributed by atoms with Gasteiger partial charge in [-0.05, 0) is 55.7 Å². The van der Waals surface area contributed by atoms with Gasteiger partial charge in [-0.2, -0.15) is 5.10 Å². The molecule has 2 N–H and O–H groups in total. The number of carbonyl (C=O) groups excluding carboxylic acids is 1. The van der Waals surface area contributed by atoms with Crippen LogP contribution in [0.25, 0.3) is 0 Å². The van der Waals surface area contributed by atoms with Crippen LogP contribution in [0.15, 0.2) is 65.8 Å². The molecule has 10 heteroatoms. The molecule has 2 heterocycles. The number of carbonyl (C=O) groups is 1. The molecule has 4 rings (SSSR count). The highest BCUT2D eigenvalue weighted by Crippen LogP contribution is 2.34. The number of rotatable bonds is 10. The molecule has 0 saturated carbocycles. The van der Waals surface area contributed by atoms with Crippen LogP contribution in [0, 0.1) is 0 Å². The minimum atomic E-state index is -3.95. The van der Waals surface area contributed by atoms with Gasteiger partial charge in [0.1, 0.15) is 10.6 Å². The summed E-state index contributed by atoms with van der Waals surface area (Å²) in [4.78, 5) is 14.7. The lowest BCUT2D eigenvalue weighted by atomic mass is 10.2. The fraction of sp³-hybridized carbons (Fsp3) is 0.333. The van der Waals surface area contributed by atoms with Gasteiger partial charge in [-0.3, -0.25) is 14.2 Å². The van der Waals surface area contributed by atoms with Crippen molar-refractivity contribution < 1.29 is 17.9 Å². The van der Waals surface area contributed by atoms with Gasteiger partial charge in [0.25, 0.3) is 10.0 Å². The number of hydrogen-bond acceptors (Lipinski definition) is 6. The van der Waals surface area contributed by atoms with Crippen LogP contribution in [-0.4, -0.2) is 44.3 Å². The second kappa shape index (κ2) is 10.6. The Balaban J connectivity index is 1.55. The lowest BCUT2D eigenvalue weighted by molar-refractivity contribution is -0.116. The fourth-order valence-corrected chi connectivity index (χ4v) is 5.34. The average Bonchev–Trinajstić information content (AvgIpc) is 3.54. The van der Waals surface area contributed by atoms with Crippen LogP contribution in [0.4, 0.5) is 17.1 Å². The van der Waals surface area contributed by atoms with Crippen molar-refractivity contribution in [3.63, 3.8) is 0 Å². The number of benzene rings is 2. The maximum absolute atomic E-state index is 13.5. The number of ether oxygens (including phenoxy) is 1. The van der Waals surface area contributed by atoms with E-state index in [9.17, 15) is 13.2 Å². The van der Waals surface area contributed by atoms with Gasteiger partial charge in [0.15, 0.2) is 0 Å². The molecule has 1 aliphatic rings. The summed E-state index contributed by atoms with van der Waals surface area (Å²) in [6.45, 7) is 2.21. The third-order valence-electron chi connectivity index (χ3n) is 5.68. The summed E-state index contributed by atoms with van der Waals surface area (Å²) in [5.74, 6) is 0.248. The maximum atomic E-state index is 13.5. The normalized spacial score (nSPS) is 13.6. The molecule has 1 amide bonds. The molecule has 1 aliphatic heterocycles. The van der Waals surface area contributed by atoms with Crippen molar-refractivity contribution in [2.45, 2.75) is 37.1 Å². The smallest absolute Gasteiger partial charge is 0.264 e. The molecule has 3 aromatic rings. The van der Waals surface area contributed by atoms with Gasteiger partial charge in [-0.1, -0.05) is 12.1 Å². The largest absolute Gasteiger partial charge is 0.495 e. The first-order valence-electron chi connectivity index (χ1n) is 11.3. The SMILES string of the molecule is COc1ccccc1NS(=O)(=O)c1cc(NC(=O)CCCn2cccn2)ccc1N1CCCC1. The average molecular weight is 484 g/mol. The number of nitrogens with zero attached hydrogens (tertiary/aromatic N) is 3. The van der Waals surface area contributed by atoms with Crippen molar-refractivity contribution in [1.82, 2.24) is 9.78 Å². The molecular formula is C24H29N5O4S. The Bertz CT molecular complexity index is 1220. The molecule has 0 aliphatic carbocycles.